The van der Waals surface area contributed by atoms with E-state index < -0.39 is 35.4 Å². The molecule has 4 bridgehead atoms. The van der Waals surface area contributed by atoms with Crippen molar-refractivity contribution in [3.05, 3.63) is 0 Å². The summed E-state index contributed by atoms with van der Waals surface area (Å²) in [5, 5.41) is 3.19. The summed E-state index contributed by atoms with van der Waals surface area (Å²) in [5.74, 6) is 1.37. The smallest absolute Gasteiger partial charge is 0.220 e. The summed E-state index contributed by atoms with van der Waals surface area (Å²) < 4.78 is 26.4. The summed E-state index contributed by atoms with van der Waals surface area (Å²) in [6.45, 7) is 13.7. The van der Waals surface area contributed by atoms with Crippen molar-refractivity contribution < 1.29 is 43.3 Å². The second-order valence-corrected chi connectivity index (χ2v) is 16.6. The Bertz CT molecular complexity index is 1160. The van der Waals surface area contributed by atoms with Gasteiger partial charge in [0.05, 0.1) is 12.2 Å². The first kappa shape index (κ1) is 31.4. The van der Waals surface area contributed by atoms with E-state index in [4.69, 9.17) is 38.5 Å². The Hall–Kier alpha value is -0.850. The molecule has 2 aliphatic carbocycles. The molecular formula is C35H55NO9. The number of ether oxygens (including phenoxy) is 4. The van der Waals surface area contributed by atoms with E-state index in [0.29, 0.717) is 49.0 Å². The predicted octanol–water partition coefficient (Wildman–Crippen LogP) is 5.77. The van der Waals surface area contributed by atoms with E-state index in [9.17, 15) is 4.79 Å². The van der Waals surface area contributed by atoms with Crippen molar-refractivity contribution in [3.63, 3.8) is 0 Å². The largest absolute Gasteiger partial charge is 0.356 e. The third-order valence-electron chi connectivity index (χ3n) is 14.0. The number of carbonyl (C=O) groups is 1. The molecule has 10 rings (SSSR count). The Kier molecular flexibility index (Phi) is 7.74. The second-order valence-electron chi connectivity index (χ2n) is 16.6. The number of nitrogens with one attached hydrogen (secondary N) is 1. The Balaban J connectivity index is 0.880. The van der Waals surface area contributed by atoms with Gasteiger partial charge in [-0.2, -0.15) is 0 Å². The lowest BCUT2D eigenvalue weighted by Crippen LogP contribution is -2.70. The van der Waals surface area contributed by atoms with Crippen molar-refractivity contribution >= 4 is 5.91 Å². The van der Waals surface area contributed by atoms with Gasteiger partial charge in [-0.1, -0.05) is 27.7 Å². The molecule has 8 aliphatic heterocycles. The zero-order valence-corrected chi connectivity index (χ0v) is 28.1. The molecule has 2 saturated carbocycles. The van der Waals surface area contributed by atoms with E-state index in [2.05, 4.69) is 33.0 Å². The molecule has 1 amide bonds. The maximum Gasteiger partial charge on any atom is 0.220 e. The third-order valence-corrected chi connectivity index (χ3v) is 14.0. The number of rotatable bonds is 6. The molecule has 8 heterocycles. The van der Waals surface area contributed by atoms with E-state index in [1.54, 1.807) is 0 Å². The fourth-order valence-electron chi connectivity index (χ4n) is 11.3. The Morgan fingerprint density at radius 2 is 1.13 bits per heavy atom. The van der Waals surface area contributed by atoms with E-state index >= 15 is 0 Å². The van der Waals surface area contributed by atoms with Crippen LogP contribution >= 0.6 is 0 Å². The van der Waals surface area contributed by atoms with Gasteiger partial charge < -0.3 is 24.3 Å². The van der Waals surface area contributed by atoms with Gasteiger partial charge in [0.2, 0.25) is 17.5 Å². The highest BCUT2D eigenvalue weighted by Gasteiger charge is 2.70. The molecule has 10 aliphatic rings. The van der Waals surface area contributed by atoms with Crippen LogP contribution in [0.4, 0.5) is 0 Å². The molecule has 0 radical (unpaired) electrons. The van der Waals surface area contributed by atoms with Crippen molar-refractivity contribution in [2.24, 2.45) is 47.3 Å². The zero-order valence-electron chi connectivity index (χ0n) is 28.1. The molecule has 10 heteroatoms. The van der Waals surface area contributed by atoms with E-state index in [1.807, 2.05) is 13.8 Å². The Labute approximate surface area is 268 Å². The molecule has 0 unspecified atom stereocenters. The zero-order chi connectivity index (χ0) is 31.4. The first-order chi connectivity index (χ1) is 21.5. The monoisotopic (exact) mass is 633 g/mol. The van der Waals surface area contributed by atoms with Gasteiger partial charge in [0.25, 0.3) is 0 Å². The van der Waals surface area contributed by atoms with Crippen LogP contribution in [0, 0.1) is 47.3 Å². The van der Waals surface area contributed by atoms with Gasteiger partial charge in [0.1, 0.15) is 0 Å². The normalized spacial score (nSPS) is 56.5. The molecule has 0 aromatic heterocycles. The minimum absolute atomic E-state index is 0.0162. The van der Waals surface area contributed by atoms with Gasteiger partial charge in [-0.25, -0.2) is 19.6 Å². The maximum absolute atomic E-state index is 13.2. The van der Waals surface area contributed by atoms with Gasteiger partial charge in [-0.3, -0.25) is 4.79 Å². The summed E-state index contributed by atoms with van der Waals surface area (Å²) in [5.41, 5.74) is -1.11. The van der Waals surface area contributed by atoms with Crippen LogP contribution in [0.3, 0.4) is 0 Å². The van der Waals surface area contributed by atoms with Crippen LogP contribution in [-0.4, -0.2) is 60.0 Å². The lowest BCUT2D eigenvalue weighted by molar-refractivity contribution is -0.571. The molecule has 0 aromatic carbocycles. The lowest BCUT2D eigenvalue weighted by atomic mass is 9.57. The quantitative estimate of drug-likeness (QED) is 0.365. The van der Waals surface area contributed by atoms with Gasteiger partial charge >= 0.3 is 0 Å². The fraction of sp³-hybridized carbons (Fsp3) is 0.971. The van der Waals surface area contributed by atoms with Crippen LogP contribution in [0.5, 0.6) is 0 Å². The molecule has 0 aromatic rings. The topological polar surface area (TPSA) is 103 Å². The van der Waals surface area contributed by atoms with Crippen molar-refractivity contribution in [1.82, 2.24) is 5.32 Å². The fourth-order valence-corrected chi connectivity index (χ4v) is 11.3. The van der Waals surface area contributed by atoms with Gasteiger partial charge in [0.15, 0.2) is 23.8 Å². The van der Waals surface area contributed by atoms with E-state index in [1.165, 1.54) is 12.8 Å². The average molecular weight is 634 g/mol. The maximum atomic E-state index is 13.2. The number of amides is 1. The van der Waals surface area contributed by atoms with Crippen LogP contribution < -0.4 is 5.32 Å². The van der Waals surface area contributed by atoms with Crippen molar-refractivity contribution in [3.8, 4) is 0 Å². The highest BCUT2D eigenvalue weighted by Crippen LogP contribution is 2.62. The molecular weight excluding hydrogens is 578 g/mol. The molecule has 45 heavy (non-hydrogen) atoms. The summed E-state index contributed by atoms with van der Waals surface area (Å²) in [4.78, 5) is 37.6. The van der Waals surface area contributed by atoms with E-state index in [0.717, 1.165) is 44.9 Å². The SMILES string of the molecule is C[C@H]1[C@@H](CCNC(=O)CC[C@H]2O[C@@H]3O[C@]4(C)CC[C@H]5[C@H](C)CC[C@@H]([C@H]2C)[C@]35OO4)O[C@@H]2O[C@]3(C)CC[C@H]4[C@H](C)CC[C@@H]1[C@]24OO3. The van der Waals surface area contributed by atoms with Crippen LogP contribution in [0.2, 0.25) is 0 Å². The van der Waals surface area contributed by atoms with Gasteiger partial charge in [-0.05, 0) is 101 Å². The summed E-state index contributed by atoms with van der Waals surface area (Å²) in [6.07, 6.45) is 8.98. The molecule has 1 N–H and O–H groups in total. The number of carbonyl (C=O) groups excluding carboxylic acids is 1. The molecule has 10 nitrogen and oxygen atoms in total. The minimum Gasteiger partial charge on any atom is -0.356 e. The molecule has 16 atom stereocenters. The third kappa shape index (κ3) is 4.74. The lowest BCUT2D eigenvalue weighted by Gasteiger charge is -2.60. The number of hydrogen-bond acceptors (Lipinski definition) is 9. The van der Waals surface area contributed by atoms with E-state index in [-0.39, 0.29) is 35.9 Å². The number of hydrogen-bond donors (Lipinski definition) is 1. The summed E-state index contributed by atoms with van der Waals surface area (Å²) in [7, 11) is 0. The van der Waals surface area contributed by atoms with Gasteiger partial charge in [-0.15, -0.1) is 0 Å². The highest BCUT2D eigenvalue weighted by atomic mass is 17.3. The van der Waals surface area contributed by atoms with Gasteiger partial charge in [0, 0.05) is 37.6 Å². The molecule has 2 spiro atoms. The van der Waals surface area contributed by atoms with Crippen molar-refractivity contribution in [2.45, 2.75) is 160 Å². The average Bonchev–Trinajstić information content (AvgIpc) is 3.38. The first-order valence-electron chi connectivity index (χ1n) is 18.1. The molecule has 254 valence electrons. The Morgan fingerprint density at radius 3 is 1.64 bits per heavy atom. The Morgan fingerprint density at radius 1 is 0.644 bits per heavy atom. The highest BCUT2D eigenvalue weighted by molar-refractivity contribution is 5.75. The number of fused-ring (bicyclic) bond motifs is 4. The summed E-state index contributed by atoms with van der Waals surface area (Å²) >= 11 is 0. The van der Waals surface area contributed by atoms with Crippen LogP contribution in [0.1, 0.15) is 112 Å². The van der Waals surface area contributed by atoms with Crippen molar-refractivity contribution in [2.75, 3.05) is 6.54 Å². The standard InChI is InChI=1S/C35H55NO9/c1-19-7-9-25-21(3)27(38-30-34(25)23(19)13-16-32(5,40-30)42-44-34)11-12-29(37)36-18-15-28-22(4)26-10-8-20(2)24-14-17-33(6)41-31(39-28)35(24,26)45-43-33/h19-28,30-31H,7-18H2,1-6H3,(H,36,37)/t19-,20-,21-,22-,23+,24+,25+,26+,27-,28-,30-,31-,32+,33+,34+,35+/m1/s1. The first-order valence-corrected chi connectivity index (χ1v) is 18.1. The van der Waals surface area contributed by atoms with Crippen LogP contribution in [-0.2, 0) is 43.3 Å². The summed E-state index contributed by atoms with van der Waals surface area (Å²) in [6, 6.07) is 0. The van der Waals surface area contributed by atoms with Crippen LogP contribution in [0.15, 0.2) is 0 Å². The minimum atomic E-state index is -0.785. The molecule has 10 fully saturated rings. The van der Waals surface area contributed by atoms with Crippen molar-refractivity contribution in [1.29, 1.82) is 0 Å². The molecule has 8 saturated heterocycles. The predicted molar refractivity (Wildman–Crippen MR) is 161 cm³/mol. The van der Waals surface area contributed by atoms with Crippen LogP contribution in [0.25, 0.3) is 0 Å². The second kappa shape index (κ2) is 11.1.